The Bertz CT molecular complexity index is 460. The quantitative estimate of drug-likeness (QED) is 0.902. The highest BCUT2D eigenvalue weighted by molar-refractivity contribution is 5.55. The summed E-state index contributed by atoms with van der Waals surface area (Å²) in [6.07, 6.45) is 2.13. The van der Waals surface area contributed by atoms with Crippen LogP contribution in [-0.2, 0) is 19.5 Å². The van der Waals surface area contributed by atoms with Crippen LogP contribution in [-0.4, -0.2) is 32.2 Å². The molecule has 1 aliphatic heterocycles. The zero-order valence-corrected chi connectivity index (χ0v) is 12.3. The van der Waals surface area contributed by atoms with E-state index in [1.54, 1.807) is 14.2 Å². The van der Waals surface area contributed by atoms with Gasteiger partial charge in [0.1, 0.15) is 11.5 Å². The lowest BCUT2D eigenvalue weighted by Crippen LogP contribution is -2.37. The molecule has 1 atom stereocenters. The second-order valence-electron chi connectivity index (χ2n) is 5.11. The van der Waals surface area contributed by atoms with Crippen LogP contribution in [0.3, 0.4) is 0 Å². The molecule has 0 saturated heterocycles. The molecule has 0 spiro atoms. The second-order valence-corrected chi connectivity index (χ2v) is 5.11. The lowest BCUT2D eigenvalue weighted by molar-refractivity contribution is 0.203. The van der Waals surface area contributed by atoms with Crippen LogP contribution in [0.1, 0.15) is 30.0 Å². The van der Waals surface area contributed by atoms with E-state index < -0.39 is 0 Å². The van der Waals surface area contributed by atoms with Gasteiger partial charge in [0.05, 0.1) is 14.2 Å². The molecule has 1 heterocycles. The first-order valence-corrected chi connectivity index (χ1v) is 6.82. The predicted octanol–water partition coefficient (Wildman–Crippen LogP) is 1.93. The molecule has 0 amide bonds. The number of benzene rings is 1. The van der Waals surface area contributed by atoms with E-state index in [-0.39, 0.29) is 0 Å². The van der Waals surface area contributed by atoms with Gasteiger partial charge in [-0.05, 0) is 26.0 Å². The van der Waals surface area contributed by atoms with E-state index in [1.165, 1.54) is 11.1 Å². The molecule has 0 aliphatic carbocycles. The standard InChI is InChI=1S/C15H24N2O2/c1-5-11-7-12-13(9-17(11)2)14(18-3)6-10(8-16)15(12)19-4/h6,11H,5,7-9,16H2,1-4H3. The van der Waals surface area contributed by atoms with Crippen LogP contribution in [0.5, 0.6) is 11.5 Å². The summed E-state index contributed by atoms with van der Waals surface area (Å²) in [7, 11) is 5.61. The van der Waals surface area contributed by atoms with E-state index in [9.17, 15) is 0 Å². The maximum Gasteiger partial charge on any atom is 0.127 e. The maximum atomic E-state index is 5.83. The average Bonchev–Trinajstić information content (AvgIpc) is 2.44. The summed E-state index contributed by atoms with van der Waals surface area (Å²) in [6.45, 7) is 3.60. The highest BCUT2D eigenvalue weighted by Crippen LogP contribution is 2.39. The van der Waals surface area contributed by atoms with Crippen LogP contribution in [0.4, 0.5) is 0 Å². The van der Waals surface area contributed by atoms with E-state index in [0.717, 1.165) is 36.4 Å². The smallest absolute Gasteiger partial charge is 0.127 e. The molecule has 1 aromatic carbocycles. The SMILES string of the molecule is CCC1Cc2c(c(OC)cc(CN)c2OC)CN1C. The molecule has 0 saturated carbocycles. The van der Waals surface area contributed by atoms with Gasteiger partial charge in [-0.15, -0.1) is 0 Å². The number of methoxy groups -OCH3 is 2. The van der Waals surface area contributed by atoms with Crippen molar-refractivity contribution in [1.29, 1.82) is 0 Å². The average molecular weight is 264 g/mol. The minimum Gasteiger partial charge on any atom is -0.496 e. The molecular weight excluding hydrogens is 240 g/mol. The lowest BCUT2D eigenvalue weighted by atomic mass is 9.89. The van der Waals surface area contributed by atoms with Gasteiger partial charge < -0.3 is 15.2 Å². The molecule has 19 heavy (non-hydrogen) atoms. The fourth-order valence-electron chi connectivity index (χ4n) is 2.99. The molecule has 4 nitrogen and oxygen atoms in total. The van der Waals surface area contributed by atoms with Crippen molar-refractivity contribution in [1.82, 2.24) is 4.90 Å². The number of hydrogen-bond acceptors (Lipinski definition) is 4. The highest BCUT2D eigenvalue weighted by Gasteiger charge is 2.28. The van der Waals surface area contributed by atoms with Crippen LogP contribution in [0.25, 0.3) is 0 Å². The third-order valence-electron chi connectivity index (χ3n) is 4.12. The summed E-state index contributed by atoms with van der Waals surface area (Å²) in [5.74, 6) is 1.88. The Hall–Kier alpha value is -1.26. The van der Waals surface area contributed by atoms with E-state index in [0.29, 0.717) is 12.6 Å². The lowest BCUT2D eigenvalue weighted by Gasteiger charge is -2.35. The summed E-state index contributed by atoms with van der Waals surface area (Å²) in [6, 6.07) is 2.57. The Kier molecular flexibility index (Phi) is 4.32. The molecular formula is C15H24N2O2. The van der Waals surface area contributed by atoms with E-state index in [4.69, 9.17) is 15.2 Å². The fraction of sp³-hybridized carbons (Fsp3) is 0.600. The number of nitrogens with zero attached hydrogens (tertiary/aromatic N) is 1. The number of rotatable bonds is 4. The van der Waals surface area contributed by atoms with Crippen LogP contribution in [0, 0.1) is 0 Å². The van der Waals surface area contributed by atoms with Crippen LogP contribution < -0.4 is 15.2 Å². The number of likely N-dealkylation sites (N-methyl/N-ethyl adjacent to an activating group) is 1. The Morgan fingerprint density at radius 1 is 1.32 bits per heavy atom. The van der Waals surface area contributed by atoms with Crippen molar-refractivity contribution in [2.24, 2.45) is 5.73 Å². The third-order valence-corrected chi connectivity index (χ3v) is 4.12. The van der Waals surface area contributed by atoms with Crippen molar-refractivity contribution in [3.8, 4) is 11.5 Å². The summed E-state index contributed by atoms with van der Waals surface area (Å²) < 4.78 is 11.1. The van der Waals surface area contributed by atoms with Crippen molar-refractivity contribution >= 4 is 0 Å². The first-order chi connectivity index (χ1) is 9.15. The van der Waals surface area contributed by atoms with Gasteiger partial charge in [0.25, 0.3) is 0 Å². The van der Waals surface area contributed by atoms with Gasteiger partial charge in [-0.25, -0.2) is 0 Å². The molecule has 0 radical (unpaired) electrons. The minimum absolute atomic E-state index is 0.472. The van der Waals surface area contributed by atoms with Gasteiger partial charge in [0, 0.05) is 35.8 Å². The highest BCUT2D eigenvalue weighted by atomic mass is 16.5. The molecule has 1 aliphatic rings. The first-order valence-electron chi connectivity index (χ1n) is 6.82. The Morgan fingerprint density at radius 3 is 2.58 bits per heavy atom. The topological polar surface area (TPSA) is 47.7 Å². The summed E-state index contributed by atoms with van der Waals surface area (Å²) in [5.41, 5.74) is 9.37. The Morgan fingerprint density at radius 2 is 2.05 bits per heavy atom. The van der Waals surface area contributed by atoms with E-state index in [2.05, 4.69) is 18.9 Å². The van der Waals surface area contributed by atoms with Gasteiger partial charge in [-0.2, -0.15) is 0 Å². The van der Waals surface area contributed by atoms with Crippen LogP contribution in [0.2, 0.25) is 0 Å². The largest absolute Gasteiger partial charge is 0.496 e. The molecule has 0 aromatic heterocycles. The summed E-state index contributed by atoms with van der Waals surface area (Å²) in [5, 5.41) is 0. The van der Waals surface area contributed by atoms with Crippen LogP contribution in [0.15, 0.2) is 6.07 Å². The minimum atomic E-state index is 0.472. The van der Waals surface area contributed by atoms with Crippen molar-refractivity contribution < 1.29 is 9.47 Å². The number of fused-ring (bicyclic) bond motifs is 1. The molecule has 4 heteroatoms. The van der Waals surface area contributed by atoms with Gasteiger partial charge in [0.2, 0.25) is 0 Å². The molecule has 2 N–H and O–H groups in total. The van der Waals surface area contributed by atoms with Gasteiger partial charge in [-0.3, -0.25) is 4.90 Å². The number of nitrogens with two attached hydrogens (primary N) is 1. The number of ether oxygens (including phenoxy) is 2. The van der Waals surface area contributed by atoms with Gasteiger partial charge in [-0.1, -0.05) is 6.92 Å². The molecule has 1 aromatic rings. The van der Waals surface area contributed by atoms with Crippen molar-refractivity contribution in [3.63, 3.8) is 0 Å². The molecule has 0 bridgehead atoms. The Labute approximate surface area is 115 Å². The fourth-order valence-corrected chi connectivity index (χ4v) is 2.99. The van der Waals surface area contributed by atoms with Crippen molar-refractivity contribution in [2.75, 3.05) is 21.3 Å². The molecule has 2 rings (SSSR count). The molecule has 0 fully saturated rings. The summed E-state index contributed by atoms with van der Waals surface area (Å²) in [4.78, 5) is 2.38. The molecule has 1 unspecified atom stereocenters. The van der Waals surface area contributed by atoms with Crippen molar-refractivity contribution in [3.05, 3.63) is 22.8 Å². The maximum absolute atomic E-state index is 5.83. The zero-order valence-electron chi connectivity index (χ0n) is 12.3. The van der Waals surface area contributed by atoms with Crippen LogP contribution >= 0.6 is 0 Å². The van der Waals surface area contributed by atoms with Gasteiger partial charge >= 0.3 is 0 Å². The molecule has 106 valence electrons. The second kappa shape index (κ2) is 5.80. The predicted molar refractivity (Wildman–Crippen MR) is 76.7 cm³/mol. The van der Waals surface area contributed by atoms with Gasteiger partial charge in [0.15, 0.2) is 0 Å². The third kappa shape index (κ3) is 2.42. The summed E-state index contributed by atoms with van der Waals surface area (Å²) >= 11 is 0. The zero-order chi connectivity index (χ0) is 14.0. The van der Waals surface area contributed by atoms with E-state index in [1.807, 2.05) is 6.07 Å². The normalized spacial score (nSPS) is 19.1. The first kappa shape index (κ1) is 14.2. The van der Waals surface area contributed by atoms with E-state index >= 15 is 0 Å². The number of hydrogen-bond donors (Lipinski definition) is 1. The van der Waals surface area contributed by atoms with Crippen molar-refractivity contribution in [2.45, 2.75) is 38.9 Å². The Balaban J connectivity index is 2.57. The monoisotopic (exact) mass is 264 g/mol.